The maximum absolute atomic E-state index is 13.8. The molecule has 8 nitrogen and oxygen atoms in total. The summed E-state index contributed by atoms with van der Waals surface area (Å²) >= 11 is 0. The van der Waals surface area contributed by atoms with Crippen LogP contribution in [-0.2, 0) is 13.0 Å². The molecule has 9 heteroatoms. The van der Waals surface area contributed by atoms with Gasteiger partial charge in [0.1, 0.15) is 11.4 Å². The van der Waals surface area contributed by atoms with Crippen LogP contribution in [-0.4, -0.2) is 32.0 Å². The van der Waals surface area contributed by atoms with Crippen molar-refractivity contribution in [2.45, 2.75) is 13.0 Å². The van der Waals surface area contributed by atoms with Crippen LogP contribution in [0.1, 0.15) is 21.6 Å². The highest BCUT2D eigenvalue weighted by molar-refractivity contribution is 5.93. The first kappa shape index (κ1) is 17.3. The second-order valence-corrected chi connectivity index (χ2v) is 5.57. The molecule has 3 rings (SSSR count). The van der Waals surface area contributed by atoms with Gasteiger partial charge in [0.25, 0.3) is 11.5 Å². The predicted octanol–water partition coefficient (Wildman–Crippen LogP) is 0.420. The number of H-pyrrole nitrogens is 2. The first-order valence-electron chi connectivity index (χ1n) is 7.87. The van der Waals surface area contributed by atoms with Gasteiger partial charge in [-0.15, -0.1) is 0 Å². The zero-order valence-electron chi connectivity index (χ0n) is 13.7. The molecule has 3 N–H and O–H groups in total. The minimum atomic E-state index is -0.781. The second kappa shape index (κ2) is 7.60. The average Bonchev–Trinajstić information content (AvgIpc) is 3.13. The van der Waals surface area contributed by atoms with Crippen molar-refractivity contribution >= 4 is 5.91 Å². The number of imidazole rings is 1. The normalized spacial score (nSPS) is 10.7. The van der Waals surface area contributed by atoms with Crippen molar-refractivity contribution in [2.75, 3.05) is 6.54 Å². The van der Waals surface area contributed by atoms with E-state index in [4.69, 9.17) is 0 Å². The van der Waals surface area contributed by atoms with Crippen LogP contribution in [0, 0.1) is 5.82 Å². The lowest BCUT2D eigenvalue weighted by Gasteiger charge is -2.08. The van der Waals surface area contributed by atoms with Crippen molar-refractivity contribution in [3.8, 4) is 0 Å². The molecule has 26 heavy (non-hydrogen) atoms. The summed E-state index contributed by atoms with van der Waals surface area (Å²) in [6.07, 6.45) is 4.74. The maximum Gasteiger partial charge on any atom is 0.328 e. The Hall–Kier alpha value is -3.49. The highest BCUT2D eigenvalue weighted by atomic mass is 19.1. The topological polar surface area (TPSA) is 113 Å². The number of nitrogens with zero attached hydrogens (tertiary/aromatic N) is 2. The van der Waals surface area contributed by atoms with Crippen LogP contribution < -0.4 is 16.6 Å². The summed E-state index contributed by atoms with van der Waals surface area (Å²) in [4.78, 5) is 45.8. The van der Waals surface area contributed by atoms with E-state index in [9.17, 15) is 18.8 Å². The summed E-state index contributed by atoms with van der Waals surface area (Å²) in [5.74, 6) is -1.15. The number of halogens is 1. The molecule has 0 fully saturated rings. The number of rotatable bonds is 6. The molecule has 2 heterocycles. The molecule has 0 aliphatic heterocycles. The first-order valence-corrected chi connectivity index (χ1v) is 7.87. The van der Waals surface area contributed by atoms with E-state index in [1.165, 1.54) is 24.5 Å². The molecule has 1 amide bonds. The highest BCUT2D eigenvalue weighted by Crippen LogP contribution is 2.06. The van der Waals surface area contributed by atoms with E-state index in [0.717, 1.165) is 16.5 Å². The van der Waals surface area contributed by atoms with E-state index in [-0.39, 0.29) is 24.2 Å². The van der Waals surface area contributed by atoms with E-state index in [0.29, 0.717) is 6.42 Å². The number of amides is 1. The average molecular weight is 357 g/mol. The molecular formula is C17H16FN5O3. The van der Waals surface area contributed by atoms with Crippen LogP contribution in [0.5, 0.6) is 0 Å². The monoisotopic (exact) mass is 357 g/mol. The third-order valence-electron chi connectivity index (χ3n) is 3.83. The Balaban J connectivity index is 1.78. The van der Waals surface area contributed by atoms with Gasteiger partial charge in [-0.25, -0.2) is 14.2 Å². The van der Waals surface area contributed by atoms with E-state index in [1.807, 2.05) is 0 Å². The third-order valence-corrected chi connectivity index (χ3v) is 3.83. The van der Waals surface area contributed by atoms with Gasteiger partial charge in [0.15, 0.2) is 0 Å². The van der Waals surface area contributed by atoms with Gasteiger partial charge in [0, 0.05) is 36.6 Å². The number of aromatic amines is 2. The molecule has 0 aliphatic carbocycles. The quantitative estimate of drug-likeness (QED) is 0.593. The fourth-order valence-corrected chi connectivity index (χ4v) is 2.44. The fourth-order valence-electron chi connectivity index (χ4n) is 2.44. The van der Waals surface area contributed by atoms with Crippen molar-refractivity contribution in [2.24, 2.45) is 0 Å². The standard InChI is InChI=1S/C17H16FN5O3/c18-14-4-2-1-3-11(14)9-23-16(25)13(8-21-17(23)26)15(24)20-6-5-12-7-19-10-22-12/h1-4,7-8,10H,5-6,9H2,(H,19,22)(H,20,24)(H,21,26). The Morgan fingerprint density at radius 1 is 1.23 bits per heavy atom. The van der Waals surface area contributed by atoms with Gasteiger partial charge in [-0.3, -0.25) is 14.2 Å². The second-order valence-electron chi connectivity index (χ2n) is 5.57. The van der Waals surface area contributed by atoms with Crippen LogP contribution >= 0.6 is 0 Å². The van der Waals surface area contributed by atoms with Gasteiger partial charge in [-0.1, -0.05) is 18.2 Å². The number of hydrogen-bond acceptors (Lipinski definition) is 4. The Labute approximate surface area is 146 Å². The Bertz CT molecular complexity index is 1020. The van der Waals surface area contributed by atoms with Crippen molar-refractivity contribution in [1.29, 1.82) is 0 Å². The SMILES string of the molecule is O=C(NCCc1cnc[nH]1)c1c[nH]c(=O)n(Cc2ccccc2F)c1=O. The van der Waals surface area contributed by atoms with E-state index in [1.54, 1.807) is 12.3 Å². The Kier molecular flexibility index (Phi) is 5.07. The van der Waals surface area contributed by atoms with Gasteiger partial charge < -0.3 is 15.3 Å². The molecule has 0 unspecified atom stereocenters. The van der Waals surface area contributed by atoms with E-state index in [2.05, 4.69) is 20.3 Å². The molecular weight excluding hydrogens is 341 g/mol. The van der Waals surface area contributed by atoms with Crippen LogP contribution in [0.15, 0.2) is 52.6 Å². The van der Waals surface area contributed by atoms with Crippen LogP contribution in [0.3, 0.4) is 0 Å². The first-order chi connectivity index (χ1) is 12.6. The molecule has 3 aromatic rings. The predicted molar refractivity (Wildman–Crippen MR) is 91.4 cm³/mol. The third kappa shape index (κ3) is 3.77. The van der Waals surface area contributed by atoms with Crippen molar-refractivity contribution in [3.05, 3.63) is 86.5 Å². The summed E-state index contributed by atoms with van der Waals surface area (Å²) in [6, 6.07) is 5.82. The summed E-state index contributed by atoms with van der Waals surface area (Å²) in [5.41, 5.74) is -0.700. The summed E-state index contributed by atoms with van der Waals surface area (Å²) in [7, 11) is 0. The molecule has 0 saturated carbocycles. The van der Waals surface area contributed by atoms with E-state index >= 15 is 0 Å². The fraction of sp³-hybridized carbons (Fsp3) is 0.176. The number of benzene rings is 1. The van der Waals surface area contributed by atoms with Crippen LogP contribution in [0.4, 0.5) is 4.39 Å². The van der Waals surface area contributed by atoms with Gasteiger partial charge in [-0.05, 0) is 6.07 Å². The van der Waals surface area contributed by atoms with Crippen LogP contribution in [0.2, 0.25) is 0 Å². The molecule has 0 bridgehead atoms. The lowest BCUT2D eigenvalue weighted by molar-refractivity contribution is 0.0951. The molecule has 134 valence electrons. The molecule has 0 aliphatic rings. The number of carbonyl (C=O) groups is 1. The van der Waals surface area contributed by atoms with Gasteiger partial charge in [0.05, 0.1) is 12.9 Å². The minimum Gasteiger partial charge on any atom is -0.351 e. The number of hydrogen-bond donors (Lipinski definition) is 3. The Morgan fingerprint density at radius 2 is 2.04 bits per heavy atom. The molecule has 0 radical (unpaired) electrons. The van der Waals surface area contributed by atoms with Crippen LogP contribution in [0.25, 0.3) is 0 Å². The summed E-state index contributed by atoms with van der Waals surface area (Å²) in [6.45, 7) is 0.0169. The number of nitrogens with one attached hydrogen (secondary N) is 3. The Morgan fingerprint density at radius 3 is 2.77 bits per heavy atom. The largest absolute Gasteiger partial charge is 0.351 e. The zero-order valence-corrected chi connectivity index (χ0v) is 13.7. The highest BCUT2D eigenvalue weighted by Gasteiger charge is 2.15. The lowest BCUT2D eigenvalue weighted by atomic mass is 10.2. The molecule has 1 aromatic carbocycles. The van der Waals surface area contributed by atoms with Crippen molar-refractivity contribution in [1.82, 2.24) is 24.8 Å². The smallest absolute Gasteiger partial charge is 0.328 e. The lowest BCUT2D eigenvalue weighted by Crippen LogP contribution is -2.41. The minimum absolute atomic E-state index is 0.178. The van der Waals surface area contributed by atoms with E-state index < -0.39 is 23.0 Å². The van der Waals surface area contributed by atoms with Gasteiger partial charge in [0.2, 0.25) is 0 Å². The molecule has 0 spiro atoms. The van der Waals surface area contributed by atoms with Crippen molar-refractivity contribution in [3.63, 3.8) is 0 Å². The number of aromatic nitrogens is 4. The van der Waals surface area contributed by atoms with Gasteiger partial charge in [-0.2, -0.15) is 0 Å². The maximum atomic E-state index is 13.8. The van der Waals surface area contributed by atoms with Gasteiger partial charge >= 0.3 is 5.69 Å². The summed E-state index contributed by atoms with van der Waals surface area (Å²) < 4.78 is 14.6. The molecule has 0 atom stereocenters. The number of carbonyl (C=O) groups excluding carboxylic acids is 1. The molecule has 2 aromatic heterocycles. The molecule has 0 saturated heterocycles. The van der Waals surface area contributed by atoms with Crippen molar-refractivity contribution < 1.29 is 9.18 Å². The summed E-state index contributed by atoms with van der Waals surface area (Å²) in [5, 5.41) is 2.60. The zero-order chi connectivity index (χ0) is 18.5.